The molecule has 0 atom stereocenters. The topological polar surface area (TPSA) is 36.1 Å². The second kappa shape index (κ2) is 7.10. The summed E-state index contributed by atoms with van der Waals surface area (Å²) in [5.41, 5.74) is 1.84. The minimum absolute atomic E-state index is 0.190. The number of aromatic nitrogens is 1. The molecule has 1 aliphatic rings. The van der Waals surface area contributed by atoms with Gasteiger partial charge in [0, 0.05) is 16.8 Å². The van der Waals surface area contributed by atoms with Crippen LogP contribution in [-0.2, 0) is 0 Å². The molecule has 2 aromatic rings. The number of fused-ring (bicyclic) bond motifs is 1. The van der Waals surface area contributed by atoms with Crippen molar-refractivity contribution >= 4 is 16.7 Å². The number of nitrogens with one attached hydrogen (secondary N) is 1. The molecular weight excluding hydrogens is 272 g/mol. The predicted molar refractivity (Wildman–Crippen MR) is 91.3 cm³/mol. The van der Waals surface area contributed by atoms with Crippen molar-refractivity contribution in [3.63, 3.8) is 0 Å². The van der Waals surface area contributed by atoms with Gasteiger partial charge in [-0.3, -0.25) is 4.79 Å². The van der Waals surface area contributed by atoms with Crippen molar-refractivity contribution in [2.45, 2.75) is 39.0 Å². The molecular formula is C19H26N2O. The van der Waals surface area contributed by atoms with Gasteiger partial charge in [0.1, 0.15) is 0 Å². The Morgan fingerprint density at radius 3 is 2.73 bits per heavy atom. The van der Waals surface area contributed by atoms with E-state index in [4.69, 9.17) is 0 Å². The number of unbranched alkanes of at least 4 members (excludes halogenated alkanes) is 2. The van der Waals surface area contributed by atoms with Gasteiger partial charge in [0.15, 0.2) is 5.78 Å². The van der Waals surface area contributed by atoms with Crippen LogP contribution in [0.15, 0.2) is 30.3 Å². The van der Waals surface area contributed by atoms with Crippen LogP contribution in [-0.4, -0.2) is 35.3 Å². The fourth-order valence-electron chi connectivity index (χ4n) is 3.43. The number of carbonyl (C=O) groups excluding carboxylic acids is 1. The van der Waals surface area contributed by atoms with Crippen LogP contribution < -0.4 is 0 Å². The molecule has 0 spiro atoms. The fourth-order valence-corrected chi connectivity index (χ4v) is 3.43. The molecule has 3 nitrogen and oxygen atoms in total. The average molecular weight is 298 g/mol. The van der Waals surface area contributed by atoms with Gasteiger partial charge in [-0.2, -0.15) is 0 Å². The maximum absolute atomic E-state index is 12.7. The summed E-state index contributed by atoms with van der Waals surface area (Å²) in [6, 6.07) is 10.1. The lowest BCUT2D eigenvalue weighted by Gasteiger charge is -2.31. The Hall–Kier alpha value is -1.61. The van der Waals surface area contributed by atoms with Crippen LogP contribution in [0.1, 0.15) is 49.5 Å². The van der Waals surface area contributed by atoms with Crippen LogP contribution in [0.2, 0.25) is 0 Å². The van der Waals surface area contributed by atoms with Crippen LogP contribution in [0.3, 0.4) is 0 Å². The number of benzene rings is 1. The number of hydrogen-bond acceptors (Lipinski definition) is 2. The molecule has 0 radical (unpaired) electrons. The third-order valence-electron chi connectivity index (χ3n) is 4.83. The molecule has 2 heterocycles. The van der Waals surface area contributed by atoms with Crippen LogP contribution in [0.4, 0.5) is 0 Å². The summed E-state index contributed by atoms with van der Waals surface area (Å²) in [6.45, 7) is 5.58. The highest BCUT2D eigenvalue weighted by Crippen LogP contribution is 2.24. The predicted octanol–water partition coefficient (Wildman–Crippen LogP) is 4.25. The summed E-state index contributed by atoms with van der Waals surface area (Å²) >= 11 is 0. The lowest BCUT2D eigenvalue weighted by atomic mass is 9.91. The number of ketones is 1. The molecule has 1 saturated heterocycles. The molecule has 1 aliphatic heterocycles. The van der Waals surface area contributed by atoms with Gasteiger partial charge in [-0.1, -0.05) is 38.0 Å². The van der Waals surface area contributed by atoms with Gasteiger partial charge < -0.3 is 9.88 Å². The van der Waals surface area contributed by atoms with E-state index in [9.17, 15) is 4.79 Å². The molecule has 0 amide bonds. The van der Waals surface area contributed by atoms with Crippen LogP contribution >= 0.6 is 0 Å². The standard InChI is InChI=1S/C19H26N2O/c1-2-3-6-11-21-12-9-15(10-13-21)19(22)18-14-16-7-4-5-8-17(16)20-18/h4-5,7-8,14-15,20H,2-3,6,9-13H2,1H3. The number of nitrogens with zero attached hydrogens (tertiary/aromatic N) is 1. The van der Waals surface area contributed by atoms with Crippen molar-refractivity contribution in [2.75, 3.05) is 19.6 Å². The van der Waals surface area contributed by atoms with E-state index in [2.05, 4.69) is 22.9 Å². The molecule has 3 rings (SSSR count). The smallest absolute Gasteiger partial charge is 0.182 e. The largest absolute Gasteiger partial charge is 0.352 e. The highest BCUT2D eigenvalue weighted by atomic mass is 16.1. The lowest BCUT2D eigenvalue weighted by molar-refractivity contribution is 0.0834. The van der Waals surface area contributed by atoms with E-state index in [1.807, 2.05) is 24.3 Å². The summed E-state index contributed by atoms with van der Waals surface area (Å²) in [7, 11) is 0. The van der Waals surface area contributed by atoms with Crippen LogP contribution in [0.5, 0.6) is 0 Å². The van der Waals surface area contributed by atoms with E-state index in [-0.39, 0.29) is 5.92 Å². The third-order valence-corrected chi connectivity index (χ3v) is 4.83. The summed E-state index contributed by atoms with van der Waals surface area (Å²) in [5, 5.41) is 1.13. The summed E-state index contributed by atoms with van der Waals surface area (Å²) in [6.07, 6.45) is 5.88. The number of H-pyrrole nitrogens is 1. The van der Waals surface area contributed by atoms with E-state index in [0.29, 0.717) is 5.78 Å². The van der Waals surface area contributed by atoms with Crippen LogP contribution in [0, 0.1) is 5.92 Å². The van der Waals surface area contributed by atoms with E-state index in [1.54, 1.807) is 0 Å². The van der Waals surface area contributed by atoms with Gasteiger partial charge in [-0.25, -0.2) is 0 Å². The fraction of sp³-hybridized carbons (Fsp3) is 0.526. The minimum atomic E-state index is 0.190. The number of rotatable bonds is 6. The molecule has 0 unspecified atom stereocenters. The number of likely N-dealkylation sites (tertiary alicyclic amines) is 1. The second-order valence-electron chi connectivity index (χ2n) is 6.46. The number of piperidine rings is 1. The summed E-state index contributed by atoms with van der Waals surface area (Å²) in [5.74, 6) is 0.486. The van der Waals surface area contributed by atoms with Crippen molar-refractivity contribution in [2.24, 2.45) is 5.92 Å². The first-order valence-corrected chi connectivity index (χ1v) is 8.62. The third kappa shape index (κ3) is 3.41. The highest BCUT2D eigenvalue weighted by Gasteiger charge is 2.26. The Balaban J connectivity index is 1.57. The molecule has 3 heteroatoms. The molecule has 1 N–H and O–H groups in total. The molecule has 1 fully saturated rings. The average Bonchev–Trinajstić information content (AvgIpc) is 2.99. The van der Waals surface area contributed by atoms with E-state index in [0.717, 1.165) is 42.5 Å². The molecule has 0 aliphatic carbocycles. The Labute approximate surface area is 132 Å². The van der Waals surface area contributed by atoms with E-state index >= 15 is 0 Å². The van der Waals surface area contributed by atoms with Crippen molar-refractivity contribution in [3.05, 3.63) is 36.0 Å². The number of carbonyl (C=O) groups is 1. The normalized spacial score (nSPS) is 17.1. The quantitative estimate of drug-likeness (QED) is 0.639. The molecule has 1 aromatic carbocycles. The lowest BCUT2D eigenvalue weighted by Crippen LogP contribution is -2.37. The summed E-state index contributed by atoms with van der Waals surface area (Å²) in [4.78, 5) is 18.5. The maximum atomic E-state index is 12.7. The van der Waals surface area contributed by atoms with Crippen molar-refractivity contribution in [1.82, 2.24) is 9.88 Å². The molecule has 118 valence electrons. The highest BCUT2D eigenvalue weighted by molar-refractivity contribution is 6.00. The SMILES string of the molecule is CCCCCN1CCC(C(=O)c2cc3ccccc3[nH]2)CC1. The van der Waals surface area contributed by atoms with Gasteiger partial charge in [0.2, 0.25) is 0 Å². The molecule has 0 saturated carbocycles. The number of para-hydroxylation sites is 1. The molecule has 1 aromatic heterocycles. The first kappa shape index (κ1) is 15.3. The van der Waals surface area contributed by atoms with Crippen LogP contribution in [0.25, 0.3) is 10.9 Å². The Morgan fingerprint density at radius 1 is 1.23 bits per heavy atom. The summed E-state index contributed by atoms with van der Waals surface area (Å²) < 4.78 is 0. The zero-order valence-electron chi connectivity index (χ0n) is 13.5. The number of hydrogen-bond donors (Lipinski definition) is 1. The first-order valence-electron chi connectivity index (χ1n) is 8.62. The van der Waals surface area contributed by atoms with Gasteiger partial charge in [-0.05, 0) is 51.0 Å². The molecule has 0 bridgehead atoms. The van der Waals surface area contributed by atoms with Gasteiger partial charge in [0.25, 0.3) is 0 Å². The van der Waals surface area contributed by atoms with E-state index < -0.39 is 0 Å². The number of aromatic amines is 1. The molecule has 22 heavy (non-hydrogen) atoms. The van der Waals surface area contributed by atoms with E-state index in [1.165, 1.54) is 25.8 Å². The second-order valence-corrected chi connectivity index (χ2v) is 6.46. The monoisotopic (exact) mass is 298 g/mol. The maximum Gasteiger partial charge on any atom is 0.182 e. The zero-order valence-corrected chi connectivity index (χ0v) is 13.5. The number of Topliss-reactive ketones (excluding diaryl/α,β-unsaturated/α-hetero) is 1. The zero-order chi connectivity index (χ0) is 15.4. The minimum Gasteiger partial charge on any atom is -0.352 e. The van der Waals surface area contributed by atoms with Gasteiger partial charge in [0.05, 0.1) is 5.69 Å². The Bertz CT molecular complexity index is 590. The van der Waals surface area contributed by atoms with Crippen molar-refractivity contribution in [3.8, 4) is 0 Å². The first-order chi connectivity index (χ1) is 10.8. The van der Waals surface area contributed by atoms with Gasteiger partial charge >= 0.3 is 0 Å². The Kier molecular flexibility index (Phi) is 4.94. The van der Waals surface area contributed by atoms with Gasteiger partial charge in [-0.15, -0.1) is 0 Å². The van der Waals surface area contributed by atoms with Crippen molar-refractivity contribution < 1.29 is 4.79 Å². The Morgan fingerprint density at radius 2 is 2.00 bits per heavy atom. The van der Waals surface area contributed by atoms with Crippen molar-refractivity contribution in [1.29, 1.82) is 0 Å².